The highest BCUT2D eigenvalue weighted by molar-refractivity contribution is 5.84. The lowest BCUT2D eigenvalue weighted by molar-refractivity contribution is -0.137. The molecule has 0 saturated heterocycles. The number of nitrogen functional groups attached to an aromatic ring is 1. The van der Waals surface area contributed by atoms with Crippen LogP contribution in [0.15, 0.2) is 6.20 Å². The predicted octanol–water partition coefficient (Wildman–Crippen LogP) is -0.158. The number of carboxylic acids is 1. The number of aromatic nitrogens is 2. The van der Waals surface area contributed by atoms with Crippen LogP contribution in [0.3, 0.4) is 0 Å². The summed E-state index contributed by atoms with van der Waals surface area (Å²) in [5.41, 5.74) is 5.53. The third kappa shape index (κ3) is 2.31. The molecule has 0 radical (unpaired) electrons. The van der Waals surface area contributed by atoms with Gasteiger partial charge in [-0.3, -0.25) is 9.59 Å². The van der Waals surface area contributed by atoms with Gasteiger partial charge in [-0.15, -0.1) is 0 Å². The van der Waals surface area contributed by atoms with Crippen molar-refractivity contribution < 1.29 is 14.7 Å². The van der Waals surface area contributed by atoms with E-state index in [0.717, 1.165) is 10.9 Å². The van der Waals surface area contributed by atoms with Crippen molar-refractivity contribution in [3.63, 3.8) is 0 Å². The maximum absolute atomic E-state index is 11.3. The van der Waals surface area contributed by atoms with E-state index in [2.05, 4.69) is 5.10 Å². The highest BCUT2D eigenvalue weighted by Crippen LogP contribution is 2.10. The van der Waals surface area contributed by atoms with Crippen LogP contribution in [-0.2, 0) is 4.79 Å². The summed E-state index contributed by atoms with van der Waals surface area (Å²) in [7, 11) is 0. The third-order valence-electron chi connectivity index (χ3n) is 1.72. The summed E-state index contributed by atoms with van der Waals surface area (Å²) in [5.74, 6) is -1.68. The highest BCUT2D eigenvalue weighted by atomic mass is 16.4. The average Bonchev–Trinajstić information content (AvgIpc) is 2.56. The van der Waals surface area contributed by atoms with Crippen LogP contribution in [0.2, 0.25) is 0 Å². The van der Waals surface area contributed by atoms with Crippen LogP contribution in [0.1, 0.15) is 23.2 Å². The van der Waals surface area contributed by atoms with Crippen molar-refractivity contribution in [3.8, 4) is 6.07 Å². The Morgan fingerprint density at radius 2 is 2.27 bits per heavy atom. The molecule has 0 unspecified atom stereocenters. The van der Waals surface area contributed by atoms with Gasteiger partial charge in [-0.25, -0.2) is 0 Å². The van der Waals surface area contributed by atoms with Crippen molar-refractivity contribution in [1.82, 2.24) is 9.78 Å². The molecule has 1 heterocycles. The minimum absolute atomic E-state index is 0.0621. The van der Waals surface area contributed by atoms with E-state index in [9.17, 15) is 9.59 Å². The second-order valence-electron chi connectivity index (χ2n) is 2.75. The zero-order valence-corrected chi connectivity index (χ0v) is 7.67. The molecule has 0 aliphatic rings. The van der Waals surface area contributed by atoms with Gasteiger partial charge >= 0.3 is 5.97 Å². The van der Waals surface area contributed by atoms with Gasteiger partial charge in [0.1, 0.15) is 17.5 Å². The molecule has 0 saturated carbocycles. The van der Waals surface area contributed by atoms with Gasteiger partial charge in [0.15, 0.2) is 0 Å². The molecule has 0 fully saturated rings. The van der Waals surface area contributed by atoms with Crippen LogP contribution in [0.4, 0.5) is 5.82 Å². The van der Waals surface area contributed by atoms with E-state index in [1.807, 2.05) is 0 Å². The first-order valence-corrected chi connectivity index (χ1v) is 4.05. The summed E-state index contributed by atoms with van der Waals surface area (Å²) in [6.07, 6.45) is 0.667. The number of hydrogen-bond donors (Lipinski definition) is 2. The molecular formula is C8H8N4O3. The molecule has 0 spiro atoms. The Kier molecular flexibility index (Phi) is 3.03. The van der Waals surface area contributed by atoms with Crippen LogP contribution in [0, 0.1) is 11.3 Å². The minimum Gasteiger partial charge on any atom is -0.481 e. The molecule has 0 aromatic carbocycles. The zero-order valence-electron chi connectivity index (χ0n) is 7.67. The first-order chi connectivity index (χ1) is 7.06. The van der Waals surface area contributed by atoms with E-state index >= 15 is 0 Å². The number of nitrogens with zero attached hydrogens (tertiary/aromatic N) is 3. The summed E-state index contributed by atoms with van der Waals surface area (Å²) < 4.78 is 0.835. The fourth-order valence-electron chi connectivity index (χ4n) is 0.963. The summed E-state index contributed by atoms with van der Waals surface area (Å²) >= 11 is 0. The van der Waals surface area contributed by atoms with Crippen LogP contribution >= 0.6 is 0 Å². The molecule has 7 nitrogen and oxygen atoms in total. The van der Waals surface area contributed by atoms with E-state index in [-0.39, 0.29) is 24.2 Å². The number of nitriles is 1. The van der Waals surface area contributed by atoms with Gasteiger partial charge in [0.05, 0.1) is 12.6 Å². The number of rotatable bonds is 3. The predicted molar refractivity (Wildman–Crippen MR) is 48.9 cm³/mol. The van der Waals surface area contributed by atoms with Crippen molar-refractivity contribution in [2.75, 3.05) is 5.73 Å². The lowest BCUT2D eigenvalue weighted by Crippen LogP contribution is -2.16. The zero-order chi connectivity index (χ0) is 11.4. The smallest absolute Gasteiger partial charge is 0.303 e. The molecule has 1 aromatic heterocycles. The van der Waals surface area contributed by atoms with Crippen molar-refractivity contribution >= 4 is 17.7 Å². The van der Waals surface area contributed by atoms with E-state index in [0.29, 0.717) is 0 Å². The second-order valence-corrected chi connectivity index (χ2v) is 2.75. The van der Waals surface area contributed by atoms with Crippen LogP contribution < -0.4 is 5.73 Å². The summed E-state index contributed by atoms with van der Waals surface area (Å²) in [6.45, 7) is 0. The molecule has 15 heavy (non-hydrogen) atoms. The lowest BCUT2D eigenvalue weighted by Gasteiger charge is -2.00. The molecule has 78 valence electrons. The summed E-state index contributed by atoms with van der Waals surface area (Å²) in [4.78, 5) is 21.6. The van der Waals surface area contributed by atoms with Crippen LogP contribution in [-0.4, -0.2) is 26.8 Å². The molecule has 1 rings (SSSR count). The average molecular weight is 208 g/mol. The van der Waals surface area contributed by atoms with Gasteiger partial charge < -0.3 is 10.8 Å². The number of carbonyl (C=O) groups is 2. The normalized spacial score (nSPS) is 9.53. The number of carboxylic acid groups (broad SMARTS) is 1. The lowest BCUT2D eigenvalue weighted by atomic mass is 10.3. The van der Waals surface area contributed by atoms with E-state index in [1.54, 1.807) is 6.07 Å². The molecule has 7 heteroatoms. The van der Waals surface area contributed by atoms with Crippen molar-refractivity contribution in [2.45, 2.75) is 12.8 Å². The molecule has 1 aromatic rings. The van der Waals surface area contributed by atoms with Gasteiger partial charge in [0.25, 0.3) is 0 Å². The Balaban J connectivity index is 2.79. The monoisotopic (exact) mass is 208 g/mol. The van der Waals surface area contributed by atoms with Crippen molar-refractivity contribution in [1.29, 1.82) is 5.26 Å². The molecule has 0 bridgehead atoms. The van der Waals surface area contributed by atoms with E-state index < -0.39 is 11.9 Å². The second kappa shape index (κ2) is 4.23. The topological polar surface area (TPSA) is 122 Å². The maximum Gasteiger partial charge on any atom is 0.303 e. The third-order valence-corrected chi connectivity index (χ3v) is 1.72. The van der Waals surface area contributed by atoms with Crippen LogP contribution in [0.25, 0.3) is 0 Å². The molecule has 0 atom stereocenters. The molecular weight excluding hydrogens is 200 g/mol. The first kappa shape index (κ1) is 10.7. The van der Waals surface area contributed by atoms with Crippen LogP contribution in [0.5, 0.6) is 0 Å². The van der Waals surface area contributed by atoms with E-state index in [1.165, 1.54) is 0 Å². The molecule has 0 aliphatic heterocycles. The molecule has 0 aliphatic carbocycles. The van der Waals surface area contributed by atoms with E-state index in [4.69, 9.17) is 16.1 Å². The van der Waals surface area contributed by atoms with Crippen molar-refractivity contribution in [3.05, 3.63) is 11.8 Å². The Bertz CT molecular complexity index is 443. The minimum atomic E-state index is -1.07. The van der Waals surface area contributed by atoms with Gasteiger partial charge in [-0.1, -0.05) is 0 Å². The number of carbonyl (C=O) groups excluding carboxylic acids is 1. The maximum atomic E-state index is 11.3. The fraction of sp³-hybridized carbons (Fsp3) is 0.250. The number of hydrogen-bond acceptors (Lipinski definition) is 5. The van der Waals surface area contributed by atoms with Gasteiger partial charge in [0, 0.05) is 6.42 Å². The summed E-state index contributed by atoms with van der Waals surface area (Å²) in [6, 6.07) is 1.76. The number of anilines is 1. The Hall–Kier alpha value is -2.36. The van der Waals surface area contributed by atoms with Gasteiger partial charge in [-0.05, 0) is 0 Å². The Morgan fingerprint density at radius 1 is 1.60 bits per heavy atom. The quantitative estimate of drug-likeness (QED) is 0.711. The summed E-state index contributed by atoms with van der Waals surface area (Å²) in [5, 5.41) is 20.5. The van der Waals surface area contributed by atoms with Gasteiger partial charge in [0.2, 0.25) is 5.91 Å². The van der Waals surface area contributed by atoms with Crippen molar-refractivity contribution in [2.24, 2.45) is 0 Å². The molecule has 3 N–H and O–H groups in total. The SMILES string of the molecule is N#Cc1cnn(C(=O)CCC(=O)O)c1N. The number of aliphatic carboxylic acids is 1. The fourth-order valence-corrected chi connectivity index (χ4v) is 0.963. The largest absolute Gasteiger partial charge is 0.481 e. The van der Waals surface area contributed by atoms with Gasteiger partial charge in [-0.2, -0.15) is 15.0 Å². The molecule has 0 amide bonds. The Labute approximate surface area is 84.7 Å². The first-order valence-electron chi connectivity index (χ1n) is 4.05. The Morgan fingerprint density at radius 3 is 2.73 bits per heavy atom. The highest BCUT2D eigenvalue weighted by Gasteiger charge is 2.14. The standard InChI is InChI=1S/C8H8N4O3/c9-3-5-4-11-12(8(5)10)6(13)1-2-7(14)15/h4H,1-2,10H2,(H,14,15). The number of nitrogens with two attached hydrogens (primary N) is 1.